The predicted molar refractivity (Wildman–Crippen MR) is 103 cm³/mol. The average Bonchev–Trinajstić information content (AvgIpc) is 3.38. The Kier molecular flexibility index (Phi) is 7.13. The predicted octanol–water partition coefficient (Wildman–Crippen LogP) is 2.26. The summed E-state index contributed by atoms with van der Waals surface area (Å²) in [5.74, 6) is 1.86. The van der Waals surface area contributed by atoms with Crippen LogP contribution < -0.4 is 10.6 Å². The number of likely N-dealkylation sites (tertiary alicyclic amines) is 1. The largest absolute Gasteiger partial charge is 0.468 e. The van der Waals surface area contributed by atoms with Crippen molar-refractivity contribution < 1.29 is 4.42 Å². The number of furan rings is 1. The van der Waals surface area contributed by atoms with Gasteiger partial charge < -0.3 is 19.6 Å². The molecule has 0 aliphatic carbocycles. The number of aromatic nitrogens is 2. The highest BCUT2D eigenvalue weighted by Gasteiger charge is 2.24. The number of imidazole rings is 1. The van der Waals surface area contributed by atoms with Gasteiger partial charge in [-0.1, -0.05) is 6.42 Å². The lowest BCUT2D eigenvalue weighted by molar-refractivity contribution is 0.146. The number of rotatable bonds is 8. The Labute approximate surface area is 155 Å². The number of nitrogens with zero attached hydrogens (tertiary/aromatic N) is 4. The molecule has 3 rings (SSSR count). The summed E-state index contributed by atoms with van der Waals surface area (Å²) in [6.07, 6.45) is 12.3. The number of hydrogen-bond donors (Lipinski definition) is 2. The summed E-state index contributed by atoms with van der Waals surface area (Å²) in [6.45, 7) is 4.86. The van der Waals surface area contributed by atoms with Crippen LogP contribution in [0.15, 0.2) is 46.5 Å². The van der Waals surface area contributed by atoms with Gasteiger partial charge in [0.2, 0.25) is 0 Å². The van der Waals surface area contributed by atoms with E-state index in [4.69, 9.17) is 4.42 Å². The average molecular weight is 358 g/mol. The number of aliphatic imine (C=N–C) groups is 1. The first-order valence-electron chi connectivity index (χ1n) is 9.54. The Morgan fingerprint density at radius 1 is 1.31 bits per heavy atom. The van der Waals surface area contributed by atoms with Crippen molar-refractivity contribution in [2.24, 2.45) is 4.99 Å². The first-order valence-corrected chi connectivity index (χ1v) is 9.54. The highest BCUT2D eigenvalue weighted by atomic mass is 16.3. The maximum atomic E-state index is 5.70. The van der Waals surface area contributed by atoms with Crippen molar-refractivity contribution in [1.29, 1.82) is 0 Å². The smallest absolute Gasteiger partial charge is 0.191 e. The maximum Gasteiger partial charge on any atom is 0.191 e. The van der Waals surface area contributed by atoms with Gasteiger partial charge in [0.05, 0.1) is 18.6 Å². The maximum absolute atomic E-state index is 5.70. The molecule has 1 atom stereocenters. The second-order valence-electron chi connectivity index (χ2n) is 6.66. The van der Waals surface area contributed by atoms with E-state index >= 15 is 0 Å². The summed E-state index contributed by atoms with van der Waals surface area (Å²) in [5.41, 5.74) is 0. The molecule has 26 heavy (non-hydrogen) atoms. The van der Waals surface area contributed by atoms with E-state index in [1.165, 1.54) is 19.3 Å². The van der Waals surface area contributed by atoms with E-state index in [0.29, 0.717) is 0 Å². The molecule has 142 valence electrons. The molecular weight excluding hydrogens is 328 g/mol. The van der Waals surface area contributed by atoms with E-state index in [1.807, 2.05) is 31.8 Å². The van der Waals surface area contributed by atoms with Gasteiger partial charge in [-0.05, 0) is 44.5 Å². The quantitative estimate of drug-likeness (QED) is 0.430. The number of nitrogens with one attached hydrogen (secondary N) is 2. The summed E-state index contributed by atoms with van der Waals surface area (Å²) in [4.78, 5) is 10.9. The van der Waals surface area contributed by atoms with Crippen LogP contribution in [0.1, 0.15) is 37.5 Å². The molecule has 2 aromatic rings. The Morgan fingerprint density at radius 3 is 2.88 bits per heavy atom. The molecule has 0 amide bonds. The molecular formula is C19H30N6O. The Balaban J connectivity index is 1.46. The molecule has 3 heterocycles. The summed E-state index contributed by atoms with van der Waals surface area (Å²) in [5, 5.41) is 6.86. The zero-order chi connectivity index (χ0) is 18.0. The van der Waals surface area contributed by atoms with Gasteiger partial charge >= 0.3 is 0 Å². The molecule has 0 radical (unpaired) electrons. The molecule has 0 spiro atoms. The van der Waals surface area contributed by atoms with Gasteiger partial charge in [0.25, 0.3) is 0 Å². The molecule has 1 saturated heterocycles. The van der Waals surface area contributed by atoms with E-state index in [-0.39, 0.29) is 6.04 Å². The third kappa shape index (κ3) is 5.36. The van der Waals surface area contributed by atoms with Gasteiger partial charge in [-0.3, -0.25) is 9.89 Å². The van der Waals surface area contributed by atoms with Crippen molar-refractivity contribution in [1.82, 2.24) is 25.1 Å². The first-order chi connectivity index (χ1) is 12.9. The fourth-order valence-corrected chi connectivity index (χ4v) is 3.42. The summed E-state index contributed by atoms with van der Waals surface area (Å²) >= 11 is 0. The van der Waals surface area contributed by atoms with Crippen molar-refractivity contribution >= 4 is 5.96 Å². The van der Waals surface area contributed by atoms with E-state index in [0.717, 1.165) is 50.9 Å². The molecule has 1 aliphatic rings. The van der Waals surface area contributed by atoms with Crippen molar-refractivity contribution in [2.75, 3.05) is 33.2 Å². The van der Waals surface area contributed by atoms with Gasteiger partial charge in [0, 0.05) is 39.1 Å². The zero-order valence-electron chi connectivity index (χ0n) is 15.6. The third-order valence-electron chi connectivity index (χ3n) is 4.83. The lowest BCUT2D eigenvalue weighted by Crippen LogP contribution is -2.44. The summed E-state index contributed by atoms with van der Waals surface area (Å²) in [6, 6.07) is 4.28. The van der Waals surface area contributed by atoms with E-state index in [9.17, 15) is 0 Å². The topological polar surface area (TPSA) is 70.6 Å². The second-order valence-corrected chi connectivity index (χ2v) is 6.66. The Bertz CT molecular complexity index is 631. The van der Waals surface area contributed by atoms with Gasteiger partial charge in [-0.15, -0.1) is 0 Å². The van der Waals surface area contributed by atoms with Crippen molar-refractivity contribution in [3.63, 3.8) is 0 Å². The van der Waals surface area contributed by atoms with Crippen molar-refractivity contribution in [3.8, 4) is 0 Å². The molecule has 0 bridgehead atoms. The molecule has 2 N–H and O–H groups in total. The van der Waals surface area contributed by atoms with Crippen LogP contribution in [0, 0.1) is 0 Å². The van der Waals surface area contributed by atoms with E-state index in [2.05, 4.69) is 36.1 Å². The van der Waals surface area contributed by atoms with Crippen molar-refractivity contribution in [3.05, 3.63) is 42.9 Å². The van der Waals surface area contributed by atoms with Gasteiger partial charge in [0.15, 0.2) is 5.96 Å². The lowest BCUT2D eigenvalue weighted by Gasteiger charge is -2.33. The molecule has 1 unspecified atom stereocenters. The molecule has 7 heteroatoms. The van der Waals surface area contributed by atoms with Crippen LogP contribution >= 0.6 is 0 Å². The molecule has 0 saturated carbocycles. The summed E-state index contributed by atoms with van der Waals surface area (Å²) < 4.78 is 7.79. The number of aryl methyl sites for hydroxylation is 1. The van der Waals surface area contributed by atoms with Gasteiger partial charge in [-0.25, -0.2) is 4.98 Å². The lowest BCUT2D eigenvalue weighted by atomic mass is 10.1. The SMILES string of the molecule is CN=C(NCCCn1ccnc1)NCC(c1ccco1)N1CCCCC1. The highest BCUT2D eigenvalue weighted by Crippen LogP contribution is 2.24. The highest BCUT2D eigenvalue weighted by molar-refractivity contribution is 5.79. The Morgan fingerprint density at radius 2 is 2.19 bits per heavy atom. The number of guanidine groups is 1. The normalized spacial score (nSPS) is 17.2. The Hall–Kier alpha value is -2.28. The molecule has 7 nitrogen and oxygen atoms in total. The van der Waals surface area contributed by atoms with E-state index in [1.54, 1.807) is 6.26 Å². The monoisotopic (exact) mass is 358 g/mol. The van der Waals surface area contributed by atoms with Crippen LogP contribution in [0.3, 0.4) is 0 Å². The van der Waals surface area contributed by atoms with Crippen LogP contribution in [0.5, 0.6) is 0 Å². The molecule has 0 aromatic carbocycles. The minimum Gasteiger partial charge on any atom is -0.468 e. The fraction of sp³-hybridized carbons (Fsp3) is 0.579. The minimum atomic E-state index is 0.245. The van der Waals surface area contributed by atoms with Crippen LogP contribution in [-0.2, 0) is 6.54 Å². The minimum absolute atomic E-state index is 0.245. The van der Waals surface area contributed by atoms with Crippen LogP contribution in [-0.4, -0.2) is 53.6 Å². The zero-order valence-corrected chi connectivity index (χ0v) is 15.6. The van der Waals surface area contributed by atoms with Crippen LogP contribution in [0.4, 0.5) is 0 Å². The molecule has 1 aliphatic heterocycles. The molecule has 1 fully saturated rings. The standard InChI is InChI=1S/C19H30N6O/c1-20-19(22-8-6-10-24-13-9-21-16-24)23-15-17(18-7-5-14-26-18)25-11-3-2-4-12-25/h5,7,9,13-14,16-17H,2-4,6,8,10-12,15H2,1H3,(H2,20,22,23). The second kappa shape index (κ2) is 10.0. The van der Waals surface area contributed by atoms with Crippen molar-refractivity contribution in [2.45, 2.75) is 38.3 Å². The third-order valence-corrected chi connectivity index (χ3v) is 4.83. The number of hydrogen-bond acceptors (Lipinski definition) is 4. The molecule has 2 aromatic heterocycles. The first kappa shape index (κ1) is 18.5. The van der Waals surface area contributed by atoms with Crippen LogP contribution in [0.25, 0.3) is 0 Å². The van der Waals surface area contributed by atoms with Gasteiger partial charge in [0.1, 0.15) is 5.76 Å². The summed E-state index contributed by atoms with van der Waals surface area (Å²) in [7, 11) is 1.81. The van der Waals surface area contributed by atoms with Crippen LogP contribution in [0.2, 0.25) is 0 Å². The van der Waals surface area contributed by atoms with Gasteiger partial charge in [-0.2, -0.15) is 0 Å². The van der Waals surface area contributed by atoms with E-state index < -0.39 is 0 Å². The fourth-order valence-electron chi connectivity index (χ4n) is 3.42. The number of piperidine rings is 1.